The van der Waals surface area contributed by atoms with Crippen molar-refractivity contribution in [1.29, 1.82) is 0 Å². The van der Waals surface area contributed by atoms with Crippen molar-refractivity contribution in [3.05, 3.63) is 101 Å². The van der Waals surface area contributed by atoms with Crippen LogP contribution < -0.4 is 10.1 Å². The van der Waals surface area contributed by atoms with E-state index in [4.69, 9.17) is 4.74 Å². The van der Waals surface area contributed by atoms with Gasteiger partial charge in [0.25, 0.3) is 5.91 Å². The van der Waals surface area contributed by atoms with Crippen LogP contribution in [0.5, 0.6) is 5.75 Å². The maximum absolute atomic E-state index is 14.0. The third-order valence-corrected chi connectivity index (χ3v) is 8.09. The summed E-state index contributed by atoms with van der Waals surface area (Å²) in [6.07, 6.45) is 5.97. The van der Waals surface area contributed by atoms with Crippen LogP contribution in [0.2, 0.25) is 0 Å². The quantitative estimate of drug-likeness (QED) is 0.352. The van der Waals surface area contributed by atoms with E-state index in [1.54, 1.807) is 30.2 Å². The molecule has 2 unspecified atom stereocenters. The molecule has 0 aliphatic carbocycles. The zero-order valence-electron chi connectivity index (χ0n) is 23.2. The zero-order chi connectivity index (χ0) is 27.9. The molecule has 1 fully saturated rings. The van der Waals surface area contributed by atoms with Crippen LogP contribution in [0.1, 0.15) is 71.1 Å². The first kappa shape index (κ1) is 27.8. The first-order valence-electron chi connectivity index (χ1n) is 14.3. The number of methoxy groups -OCH3 is 1. The summed E-state index contributed by atoms with van der Waals surface area (Å²) in [5, 5.41) is 3.20. The van der Waals surface area contributed by atoms with E-state index in [2.05, 4.69) is 10.2 Å². The van der Waals surface area contributed by atoms with Gasteiger partial charge in [-0.15, -0.1) is 0 Å². The van der Waals surface area contributed by atoms with E-state index in [0.717, 1.165) is 42.7 Å². The van der Waals surface area contributed by atoms with Gasteiger partial charge in [0, 0.05) is 18.7 Å². The van der Waals surface area contributed by atoms with Crippen LogP contribution in [-0.4, -0.2) is 54.9 Å². The van der Waals surface area contributed by atoms with Crippen molar-refractivity contribution in [3.8, 4) is 5.75 Å². The van der Waals surface area contributed by atoms with Gasteiger partial charge < -0.3 is 19.9 Å². The molecule has 2 amide bonds. The van der Waals surface area contributed by atoms with Gasteiger partial charge in [-0.05, 0) is 85.9 Å². The van der Waals surface area contributed by atoms with Gasteiger partial charge in [0.1, 0.15) is 11.6 Å². The standard InChI is InChI=1S/C33H38FN3O3/c1-40-27-17-13-25(14-18-27)31-30(32(38)35-19-8-22-36-20-6-2-3-7-21-36)28-9-4-5-10-29(28)33(39)37(31)23-24-11-15-26(34)16-12-24/h4-5,9-18,30-31H,2-3,6-8,19-23H2,1H3,(H,35,38). The van der Waals surface area contributed by atoms with Crippen molar-refractivity contribution >= 4 is 11.8 Å². The van der Waals surface area contributed by atoms with Crippen LogP contribution in [0.4, 0.5) is 4.39 Å². The largest absolute Gasteiger partial charge is 0.497 e. The maximum atomic E-state index is 14.0. The molecular weight excluding hydrogens is 505 g/mol. The molecule has 2 atom stereocenters. The lowest BCUT2D eigenvalue weighted by Gasteiger charge is -2.42. The number of hydrogen-bond acceptors (Lipinski definition) is 4. The van der Waals surface area contributed by atoms with Crippen molar-refractivity contribution in [2.24, 2.45) is 0 Å². The van der Waals surface area contributed by atoms with E-state index >= 15 is 0 Å². The highest BCUT2D eigenvalue weighted by atomic mass is 19.1. The Hall–Kier alpha value is -3.71. The first-order valence-corrected chi connectivity index (χ1v) is 14.3. The molecule has 0 saturated carbocycles. The van der Waals surface area contributed by atoms with Crippen LogP contribution in [0, 0.1) is 5.82 Å². The number of amides is 2. The molecule has 2 aliphatic rings. The monoisotopic (exact) mass is 543 g/mol. The van der Waals surface area contributed by atoms with Crippen LogP contribution in [0.25, 0.3) is 0 Å². The average Bonchev–Trinajstić information content (AvgIpc) is 3.26. The number of nitrogens with one attached hydrogen (secondary N) is 1. The number of benzene rings is 3. The zero-order valence-corrected chi connectivity index (χ0v) is 23.2. The molecule has 2 heterocycles. The summed E-state index contributed by atoms with van der Waals surface area (Å²) < 4.78 is 19.0. The van der Waals surface area contributed by atoms with Crippen molar-refractivity contribution < 1.29 is 18.7 Å². The van der Waals surface area contributed by atoms with E-state index in [-0.39, 0.29) is 24.2 Å². The topological polar surface area (TPSA) is 61.9 Å². The van der Waals surface area contributed by atoms with Crippen LogP contribution in [-0.2, 0) is 11.3 Å². The minimum atomic E-state index is -0.596. The Kier molecular flexibility index (Phi) is 9.12. The number of rotatable bonds is 9. The third kappa shape index (κ3) is 6.36. The van der Waals surface area contributed by atoms with E-state index in [1.807, 2.05) is 42.5 Å². The van der Waals surface area contributed by atoms with Gasteiger partial charge in [-0.3, -0.25) is 9.59 Å². The number of ether oxygens (including phenoxy) is 1. The molecule has 0 radical (unpaired) electrons. The molecule has 0 bridgehead atoms. The Bertz CT molecular complexity index is 1290. The SMILES string of the molecule is COc1ccc(C2C(C(=O)NCCCN3CCCCCC3)c3ccccc3C(=O)N2Cc2ccc(F)cc2)cc1. The first-order chi connectivity index (χ1) is 19.5. The number of carbonyl (C=O) groups excluding carboxylic acids is 2. The highest BCUT2D eigenvalue weighted by Gasteiger charge is 2.44. The fraction of sp³-hybridized carbons (Fsp3) is 0.394. The molecule has 3 aromatic carbocycles. The number of halogens is 1. The smallest absolute Gasteiger partial charge is 0.255 e. The summed E-state index contributed by atoms with van der Waals surface area (Å²) >= 11 is 0. The predicted molar refractivity (Wildman–Crippen MR) is 154 cm³/mol. The van der Waals surface area contributed by atoms with Crippen molar-refractivity contribution in [1.82, 2.24) is 15.1 Å². The lowest BCUT2D eigenvalue weighted by atomic mass is 9.79. The summed E-state index contributed by atoms with van der Waals surface area (Å²) in [7, 11) is 1.61. The second-order valence-corrected chi connectivity index (χ2v) is 10.7. The molecule has 6 nitrogen and oxygen atoms in total. The van der Waals surface area contributed by atoms with Crippen LogP contribution in [0.3, 0.4) is 0 Å². The van der Waals surface area contributed by atoms with Crippen molar-refractivity contribution in [3.63, 3.8) is 0 Å². The molecule has 1 saturated heterocycles. The van der Waals surface area contributed by atoms with Gasteiger partial charge in [-0.2, -0.15) is 0 Å². The van der Waals surface area contributed by atoms with E-state index < -0.39 is 12.0 Å². The normalized spacial score (nSPS) is 19.6. The summed E-state index contributed by atoms with van der Waals surface area (Å²) in [4.78, 5) is 32.1. The molecule has 3 aromatic rings. The number of hydrogen-bond donors (Lipinski definition) is 1. The van der Waals surface area contributed by atoms with Gasteiger partial charge in [0.15, 0.2) is 0 Å². The molecule has 2 aliphatic heterocycles. The van der Waals surface area contributed by atoms with Gasteiger partial charge in [-0.1, -0.05) is 55.3 Å². The second kappa shape index (κ2) is 13.1. The Morgan fingerprint density at radius 3 is 2.35 bits per heavy atom. The molecule has 210 valence electrons. The highest BCUT2D eigenvalue weighted by Crippen LogP contribution is 2.44. The second-order valence-electron chi connectivity index (χ2n) is 10.7. The lowest BCUT2D eigenvalue weighted by molar-refractivity contribution is -0.124. The minimum absolute atomic E-state index is 0.0965. The number of likely N-dealkylation sites (tertiary alicyclic amines) is 1. The fourth-order valence-electron chi connectivity index (χ4n) is 5.99. The van der Waals surface area contributed by atoms with E-state index in [9.17, 15) is 14.0 Å². The van der Waals surface area contributed by atoms with Crippen LogP contribution in [0.15, 0.2) is 72.8 Å². The number of carbonyl (C=O) groups is 2. The Morgan fingerprint density at radius 1 is 0.950 bits per heavy atom. The lowest BCUT2D eigenvalue weighted by Crippen LogP contribution is -2.47. The Morgan fingerprint density at radius 2 is 1.65 bits per heavy atom. The molecule has 7 heteroatoms. The molecule has 5 rings (SSSR count). The molecule has 0 spiro atoms. The summed E-state index contributed by atoms with van der Waals surface area (Å²) in [6.45, 7) is 4.06. The Labute approximate surface area is 236 Å². The summed E-state index contributed by atoms with van der Waals surface area (Å²) in [5.74, 6) is -0.471. The van der Waals surface area contributed by atoms with Crippen molar-refractivity contribution in [2.75, 3.05) is 33.3 Å². The van der Waals surface area contributed by atoms with Crippen molar-refractivity contribution in [2.45, 2.75) is 50.6 Å². The number of fused-ring (bicyclic) bond motifs is 1. The minimum Gasteiger partial charge on any atom is -0.497 e. The number of nitrogens with zero attached hydrogens (tertiary/aromatic N) is 2. The van der Waals surface area contributed by atoms with Crippen LogP contribution >= 0.6 is 0 Å². The molecule has 0 aromatic heterocycles. The van der Waals surface area contributed by atoms with Gasteiger partial charge in [0.05, 0.1) is 19.1 Å². The van der Waals surface area contributed by atoms with Gasteiger partial charge in [-0.25, -0.2) is 4.39 Å². The fourth-order valence-corrected chi connectivity index (χ4v) is 5.99. The molecule has 40 heavy (non-hydrogen) atoms. The molecular formula is C33H38FN3O3. The molecule has 1 N–H and O–H groups in total. The van der Waals surface area contributed by atoms with E-state index in [1.165, 1.54) is 37.8 Å². The summed E-state index contributed by atoms with van der Waals surface area (Å²) in [5.41, 5.74) is 2.90. The summed E-state index contributed by atoms with van der Waals surface area (Å²) in [6, 6.07) is 20.6. The highest BCUT2D eigenvalue weighted by molar-refractivity contribution is 6.01. The average molecular weight is 544 g/mol. The maximum Gasteiger partial charge on any atom is 0.255 e. The predicted octanol–water partition coefficient (Wildman–Crippen LogP) is 5.70. The van der Waals surface area contributed by atoms with Gasteiger partial charge >= 0.3 is 0 Å². The van der Waals surface area contributed by atoms with Gasteiger partial charge in [0.2, 0.25) is 5.91 Å². The Balaban J connectivity index is 1.44. The van der Waals surface area contributed by atoms with E-state index in [0.29, 0.717) is 17.9 Å². The third-order valence-electron chi connectivity index (χ3n) is 8.09.